The van der Waals surface area contributed by atoms with E-state index in [1.165, 1.54) is 16.7 Å². The van der Waals surface area contributed by atoms with E-state index in [1.807, 2.05) is 11.3 Å². The lowest BCUT2D eigenvalue weighted by Gasteiger charge is -2.02. The van der Waals surface area contributed by atoms with E-state index in [0.717, 1.165) is 22.9 Å². The number of hydrogen-bond acceptors (Lipinski definition) is 2. The summed E-state index contributed by atoms with van der Waals surface area (Å²) in [6.07, 6.45) is 2.06. The quantitative estimate of drug-likeness (QED) is 0.661. The molecule has 0 spiro atoms. The molecule has 0 unspecified atom stereocenters. The highest BCUT2D eigenvalue weighted by molar-refractivity contribution is 5.65. The van der Waals surface area contributed by atoms with Crippen molar-refractivity contribution in [2.75, 3.05) is 0 Å². The Morgan fingerprint density at radius 2 is 1.74 bits per heavy atom. The summed E-state index contributed by atoms with van der Waals surface area (Å²) < 4.78 is 2.04. The smallest absolute Gasteiger partial charge is 0.234 e. The lowest BCUT2D eigenvalue weighted by atomic mass is 10.0. The number of imidazole rings is 1. The largest absolute Gasteiger partial charge is 0.288 e. The Kier molecular flexibility index (Phi) is 2.63. The van der Waals surface area contributed by atoms with Crippen LogP contribution in [0, 0.1) is 27.7 Å². The van der Waals surface area contributed by atoms with E-state index in [4.69, 9.17) is 0 Å². The first-order valence-corrected chi connectivity index (χ1v) is 6.45. The molecule has 19 heavy (non-hydrogen) atoms. The Morgan fingerprint density at radius 1 is 0.947 bits per heavy atom. The molecule has 3 aromatic rings. The number of aromatic nitrogens is 3. The summed E-state index contributed by atoms with van der Waals surface area (Å²) in [6, 6.07) is 8.51. The van der Waals surface area contributed by atoms with Crippen molar-refractivity contribution in [1.82, 2.24) is 14.4 Å². The zero-order valence-corrected chi connectivity index (χ0v) is 11.7. The van der Waals surface area contributed by atoms with E-state index >= 15 is 0 Å². The topological polar surface area (TPSA) is 30.2 Å². The third kappa shape index (κ3) is 2.01. The van der Waals surface area contributed by atoms with Crippen LogP contribution in [-0.4, -0.2) is 14.4 Å². The lowest BCUT2D eigenvalue weighted by Crippen LogP contribution is -1.94. The average Bonchev–Trinajstić information content (AvgIpc) is 2.72. The molecule has 0 amide bonds. The Balaban J connectivity index is 2.23. The standard InChI is InChI=1S/C16H17N3/c1-10-5-6-14(11(2)7-10)15-9-19-13(4)8-12(3)17-16(19)18-15/h5-9H,1-4H3. The second kappa shape index (κ2) is 4.19. The van der Waals surface area contributed by atoms with Crippen molar-refractivity contribution in [1.29, 1.82) is 0 Å². The Bertz CT molecular complexity index is 769. The fourth-order valence-electron chi connectivity index (χ4n) is 2.50. The van der Waals surface area contributed by atoms with Gasteiger partial charge in [0.25, 0.3) is 0 Å². The van der Waals surface area contributed by atoms with Gasteiger partial charge in [0.05, 0.1) is 5.69 Å². The first-order valence-electron chi connectivity index (χ1n) is 6.45. The maximum absolute atomic E-state index is 4.65. The summed E-state index contributed by atoms with van der Waals surface area (Å²) in [4.78, 5) is 9.13. The van der Waals surface area contributed by atoms with Gasteiger partial charge in [0.2, 0.25) is 5.78 Å². The minimum atomic E-state index is 0.771. The van der Waals surface area contributed by atoms with E-state index in [9.17, 15) is 0 Å². The van der Waals surface area contributed by atoms with Crippen LogP contribution in [0.25, 0.3) is 17.0 Å². The molecule has 3 heteroatoms. The molecule has 3 nitrogen and oxygen atoms in total. The van der Waals surface area contributed by atoms with Crippen LogP contribution in [0.5, 0.6) is 0 Å². The first kappa shape index (κ1) is 11.9. The average molecular weight is 251 g/mol. The summed E-state index contributed by atoms with van der Waals surface area (Å²) in [5.74, 6) is 0.771. The molecule has 1 aromatic carbocycles. The molecule has 0 bridgehead atoms. The second-order valence-corrected chi connectivity index (χ2v) is 5.15. The first-order chi connectivity index (χ1) is 9.04. The minimum Gasteiger partial charge on any atom is -0.288 e. The van der Waals surface area contributed by atoms with Gasteiger partial charge in [-0.1, -0.05) is 23.8 Å². The molecule has 0 saturated heterocycles. The third-order valence-electron chi connectivity index (χ3n) is 3.42. The van der Waals surface area contributed by atoms with Gasteiger partial charge in [-0.15, -0.1) is 0 Å². The molecular formula is C16H17N3. The molecule has 0 radical (unpaired) electrons. The normalized spacial score (nSPS) is 11.2. The highest BCUT2D eigenvalue weighted by atomic mass is 15.1. The zero-order valence-electron chi connectivity index (χ0n) is 11.7. The van der Waals surface area contributed by atoms with Gasteiger partial charge in [0, 0.05) is 23.1 Å². The Hall–Kier alpha value is -2.16. The molecule has 0 aliphatic rings. The van der Waals surface area contributed by atoms with Crippen molar-refractivity contribution in [3.63, 3.8) is 0 Å². The SMILES string of the molecule is Cc1ccc(-c2cn3c(C)cc(C)nc3n2)c(C)c1. The lowest BCUT2D eigenvalue weighted by molar-refractivity contribution is 1.01. The maximum atomic E-state index is 4.65. The highest BCUT2D eigenvalue weighted by Gasteiger charge is 2.09. The van der Waals surface area contributed by atoms with Gasteiger partial charge in [-0.3, -0.25) is 4.40 Å². The molecule has 0 aliphatic carbocycles. The number of rotatable bonds is 1. The van der Waals surface area contributed by atoms with Crippen LogP contribution in [0.3, 0.4) is 0 Å². The fraction of sp³-hybridized carbons (Fsp3) is 0.250. The van der Waals surface area contributed by atoms with Crippen LogP contribution >= 0.6 is 0 Å². The van der Waals surface area contributed by atoms with Crippen molar-refractivity contribution < 1.29 is 0 Å². The van der Waals surface area contributed by atoms with Gasteiger partial charge in [-0.05, 0) is 39.3 Å². The van der Waals surface area contributed by atoms with Crippen LogP contribution in [0.2, 0.25) is 0 Å². The van der Waals surface area contributed by atoms with Gasteiger partial charge in [0.15, 0.2) is 0 Å². The van der Waals surface area contributed by atoms with Crippen molar-refractivity contribution in [3.8, 4) is 11.3 Å². The van der Waals surface area contributed by atoms with Crippen molar-refractivity contribution in [2.24, 2.45) is 0 Å². The maximum Gasteiger partial charge on any atom is 0.234 e. The number of fused-ring (bicyclic) bond motifs is 1. The predicted octanol–water partition coefficient (Wildman–Crippen LogP) is 3.63. The van der Waals surface area contributed by atoms with Gasteiger partial charge in [0.1, 0.15) is 0 Å². The molecule has 0 N–H and O–H groups in total. The third-order valence-corrected chi connectivity index (χ3v) is 3.42. The van der Waals surface area contributed by atoms with E-state index in [-0.39, 0.29) is 0 Å². The Labute approximate surface area is 113 Å². The number of nitrogens with zero attached hydrogens (tertiary/aromatic N) is 3. The summed E-state index contributed by atoms with van der Waals surface area (Å²) in [6.45, 7) is 8.31. The Morgan fingerprint density at radius 3 is 2.47 bits per heavy atom. The molecule has 3 rings (SSSR count). The van der Waals surface area contributed by atoms with Crippen molar-refractivity contribution >= 4 is 5.78 Å². The summed E-state index contributed by atoms with van der Waals surface area (Å²) >= 11 is 0. The zero-order chi connectivity index (χ0) is 13.6. The van der Waals surface area contributed by atoms with E-state index in [1.54, 1.807) is 0 Å². The van der Waals surface area contributed by atoms with Crippen LogP contribution in [0.4, 0.5) is 0 Å². The van der Waals surface area contributed by atoms with Gasteiger partial charge < -0.3 is 0 Å². The molecule has 0 aliphatic heterocycles. The van der Waals surface area contributed by atoms with E-state index < -0.39 is 0 Å². The second-order valence-electron chi connectivity index (χ2n) is 5.15. The monoisotopic (exact) mass is 251 g/mol. The van der Waals surface area contributed by atoms with Crippen LogP contribution in [0.15, 0.2) is 30.5 Å². The molecule has 0 atom stereocenters. The fourth-order valence-corrected chi connectivity index (χ4v) is 2.50. The number of hydrogen-bond donors (Lipinski definition) is 0. The number of aryl methyl sites for hydroxylation is 4. The minimum absolute atomic E-state index is 0.771. The summed E-state index contributed by atoms with van der Waals surface area (Å²) in [5.41, 5.74) is 6.84. The van der Waals surface area contributed by atoms with Crippen molar-refractivity contribution in [2.45, 2.75) is 27.7 Å². The van der Waals surface area contributed by atoms with Gasteiger partial charge >= 0.3 is 0 Å². The molecule has 2 heterocycles. The van der Waals surface area contributed by atoms with Crippen LogP contribution in [-0.2, 0) is 0 Å². The molecular weight excluding hydrogens is 234 g/mol. The summed E-state index contributed by atoms with van der Waals surface area (Å²) in [7, 11) is 0. The van der Waals surface area contributed by atoms with Gasteiger partial charge in [-0.25, -0.2) is 9.97 Å². The van der Waals surface area contributed by atoms with E-state index in [0.29, 0.717) is 0 Å². The molecule has 96 valence electrons. The van der Waals surface area contributed by atoms with Crippen LogP contribution < -0.4 is 0 Å². The molecule has 0 fully saturated rings. The van der Waals surface area contributed by atoms with Gasteiger partial charge in [-0.2, -0.15) is 0 Å². The van der Waals surface area contributed by atoms with E-state index in [2.05, 4.69) is 61.2 Å². The van der Waals surface area contributed by atoms with Crippen molar-refractivity contribution in [3.05, 3.63) is 53.0 Å². The predicted molar refractivity (Wildman–Crippen MR) is 77.4 cm³/mol. The summed E-state index contributed by atoms with van der Waals surface area (Å²) in [5, 5.41) is 0. The molecule has 0 saturated carbocycles. The number of benzene rings is 1. The molecule has 2 aromatic heterocycles. The highest BCUT2D eigenvalue weighted by Crippen LogP contribution is 2.24. The van der Waals surface area contributed by atoms with Crippen LogP contribution in [0.1, 0.15) is 22.5 Å².